The lowest BCUT2D eigenvalue weighted by Crippen LogP contribution is -2.70. The van der Waals surface area contributed by atoms with Gasteiger partial charge in [0.15, 0.2) is 0 Å². The fraction of sp³-hybridized carbons (Fsp3) is 0.769. The van der Waals surface area contributed by atoms with Crippen molar-refractivity contribution in [2.45, 2.75) is 24.9 Å². The van der Waals surface area contributed by atoms with Crippen LogP contribution >= 0.6 is 12.6 Å². The fourth-order valence-electron chi connectivity index (χ4n) is 3.11. The van der Waals surface area contributed by atoms with Crippen LogP contribution in [-0.2, 0) is 14.4 Å². The third-order valence-corrected chi connectivity index (χ3v) is 5.00. The summed E-state index contributed by atoms with van der Waals surface area (Å²) in [4.78, 5) is 38.6. The van der Waals surface area contributed by atoms with Gasteiger partial charge in [-0.2, -0.15) is 12.6 Å². The highest BCUT2D eigenvalue weighted by Gasteiger charge is 2.56. The number of nitrogens with zero attached hydrogens (tertiary/aromatic N) is 2. The molecule has 1 spiro atoms. The number of rotatable bonds is 5. The van der Waals surface area contributed by atoms with Crippen molar-refractivity contribution in [1.29, 1.82) is 0 Å². The van der Waals surface area contributed by atoms with E-state index in [-0.39, 0.29) is 17.6 Å². The van der Waals surface area contributed by atoms with E-state index >= 15 is 0 Å². The van der Waals surface area contributed by atoms with E-state index in [1.807, 2.05) is 0 Å². The monoisotopic (exact) mass is 330 g/mol. The number of hydrogen-bond acceptors (Lipinski definition) is 6. The number of likely N-dealkylation sites (tertiary alicyclic amines) is 2. The summed E-state index contributed by atoms with van der Waals surface area (Å²) in [5.74, 6) is -0.753. The van der Waals surface area contributed by atoms with Gasteiger partial charge in [0.1, 0.15) is 6.04 Å². The Labute approximate surface area is 134 Å². The smallest absolute Gasteiger partial charge is 0.242 e. The molecule has 2 atom stereocenters. The summed E-state index contributed by atoms with van der Waals surface area (Å²) in [6, 6.07) is -1.59. The van der Waals surface area contributed by atoms with Crippen LogP contribution in [0.4, 0.5) is 0 Å². The average Bonchev–Trinajstić information content (AvgIpc) is 2.53. The highest BCUT2D eigenvalue weighted by molar-refractivity contribution is 7.80. The maximum atomic E-state index is 12.4. The number of nitrogens with two attached hydrogens (primary N) is 2. The summed E-state index contributed by atoms with van der Waals surface area (Å²) in [6.45, 7) is 0.833. The van der Waals surface area contributed by atoms with Crippen molar-refractivity contribution in [3.05, 3.63) is 0 Å². The van der Waals surface area contributed by atoms with E-state index in [1.54, 1.807) is 4.90 Å². The Morgan fingerprint density at radius 3 is 2.36 bits per heavy atom. The van der Waals surface area contributed by atoms with Gasteiger partial charge in [0.2, 0.25) is 17.7 Å². The molecule has 2 saturated heterocycles. The van der Waals surface area contributed by atoms with E-state index < -0.39 is 30.0 Å². The van der Waals surface area contributed by atoms with E-state index in [2.05, 4.69) is 12.6 Å². The molecule has 2 aliphatic heterocycles. The maximum Gasteiger partial charge on any atom is 0.242 e. The molecule has 2 fully saturated rings. The second-order valence-electron chi connectivity index (χ2n) is 5.93. The standard InChI is InChI=1S/C13H22N4O4S/c14-8(6-22)11(20)16-3-1-13(2-4-16)7-17(12(13)21)9(5-18)10(15)19/h8-9,18,22H,1-7,14H2,(H2,15,19)/t8-,9+/m1/s1. The Morgan fingerprint density at radius 1 is 1.36 bits per heavy atom. The van der Waals surface area contributed by atoms with Gasteiger partial charge in [0.25, 0.3) is 0 Å². The number of amides is 3. The molecule has 0 radical (unpaired) electrons. The molecular weight excluding hydrogens is 308 g/mol. The van der Waals surface area contributed by atoms with Crippen molar-refractivity contribution in [2.24, 2.45) is 16.9 Å². The summed E-state index contributed by atoms with van der Waals surface area (Å²) >= 11 is 4.02. The summed E-state index contributed by atoms with van der Waals surface area (Å²) in [6.07, 6.45) is 1.06. The maximum absolute atomic E-state index is 12.4. The van der Waals surface area contributed by atoms with Gasteiger partial charge in [-0.25, -0.2) is 0 Å². The van der Waals surface area contributed by atoms with Crippen molar-refractivity contribution in [3.63, 3.8) is 0 Å². The molecule has 3 amide bonds. The topological polar surface area (TPSA) is 130 Å². The predicted octanol–water partition coefficient (Wildman–Crippen LogP) is -2.46. The van der Waals surface area contributed by atoms with Gasteiger partial charge in [0, 0.05) is 25.4 Å². The predicted molar refractivity (Wildman–Crippen MR) is 81.9 cm³/mol. The van der Waals surface area contributed by atoms with Crippen LogP contribution in [0.15, 0.2) is 0 Å². The molecule has 0 bridgehead atoms. The van der Waals surface area contributed by atoms with E-state index in [1.165, 1.54) is 4.90 Å². The Hall–Kier alpha value is -1.32. The van der Waals surface area contributed by atoms with Crippen LogP contribution in [0.3, 0.4) is 0 Å². The number of carbonyl (C=O) groups excluding carboxylic acids is 3. The van der Waals surface area contributed by atoms with Gasteiger partial charge in [-0.05, 0) is 12.8 Å². The summed E-state index contributed by atoms with van der Waals surface area (Å²) in [7, 11) is 0. The number of hydrogen-bond donors (Lipinski definition) is 4. The Morgan fingerprint density at radius 2 is 1.95 bits per heavy atom. The van der Waals surface area contributed by atoms with E-state index in [9.17, 15) is 19.5 Å². The fourth-order valence-corrected chi connectivity index (χ4v) is 3.27. The molecule has 22 heavy (non-hydrogen) atoms. The van der Waals surface area contributed by atoms with Crippen LogP contribution < -0.4 is 11.5 Å². The quantitative estimate of drug-likeness (QED) is 0.328. The first-order valence-electron chi connectivity index (χ1n) is 7.23. The Kier molecular flexibility index (Phi) is 4.98. The molecule has 5 N–H and O–H groups in total. The number of aliphatic hydroxyl groups excluding tert-OH is 1. The minimum absolute atomic E-state index is 0.154. The minimum atomic E-state index is -0.963. The average molecular weight is 330 g/mol. The van der Waals surface area contributed by atoms with Crippen LogP contribution in [0.2, 0.25) is 0 Å². The molecule has 2 aliphatic rings. The van der Waals surface area contributed by atoms with E-state index in [4.69, 9.17) is 11.5 Å². The molecule has 0 aromatic heterocycles. The van der Waals surface area contributed by atoms with Crippen LogP contribution in [0, 0.1) is 5.41 Å². The van der Waals surface area contributed by atoms with Crippen LogP contribution in [0.25, 0.3) is 0 Å². The molecule has 2 rings (SSSR count). The van der Waals surface area contributed by atoms with Gasteiger partial charge in [-0.15, -0.1) is 0 Å². The van der Waals surface area contributed by atoms with Crippen molar-refractivity contribution < 1.29 is 19.5 Å². The lowest BCUT2D eigenvalue weighted by Gasteiger charge is -2.54. The van der Waals surface area contributed by atoms with Crippen LogP contribution in [0.1, 0.15) is 12.8 Å². The van der Waals surface area contributed by atoms with E-state index in [0.717, 1.165) is 0 Å². The molecule has 9 heteroatoms. The summed E-state index contributed by atoms with van der Waals surface area (Å²) in [5.41, 5.74) is 10.3. The molecule has 8 nitrogen and oxygen atoms in total. The molecular formula is C13H22N4O4S. The van der Waals surface area contributed by atoms with Crippen LogP contribution in [-0.4, -0.2) is 76.7 Å². The van der Waals surface area contributed by atoms with Crippen LogP contribution in [0.5, 0.6) is 0 Å². The van der Waals surface area contributed by atoms with Gasteiger partial charge >= 0.3 is 0 Å². The van der Waals surface area contributed by atoms with Crippen molar-refractivity contribution in [3.8, 4) is 0 Å². The molecule has 0 aromatic rings. The first kappa shape index (κ1) is 17.0. The second kappa shape index (κ2) is 6.43. The highest BCUT2D eigenvalue weighted by atomic mass is 32.1. The third-order valence-electron chi connectivity index (χ3n) is 4.61. The SMILES string of the molecule is NC(=O)[C@H](CO)N1CC2(CCN(C(=O)[C@H](N)CS)CC2)C1=O. The van der Waals surface area contributed by atoms with Gasteiger partial charge < -0.3 is 26.4 Å². The first-order valence-corrected chi connectivity index (χ1v) is 7.86. The molecule has 0 aromatic carbocycles. The first-order chi connectivity index (χ1) is 10.4. The zero-order valence-electron chi connectivity index (χ0n) is 12.3. The van der Waals surface area contributed by atoms with Crippen molar-refractivity contribution >= 4 is 30.4 Å². The number of β-lactam (4-membered cyclic amide) rings is 1. The highest BCUT2D eigenvalue weighted by Crippen LogP contribution is 2.42. The second-order valence-corrected chi connectivity index (χ2v) is 6.29. The minimum Gasteiger partial charge on any atom is -0.394 e. The normalized spacial score (nSPS) is 23.1. The number of primary amides is 1. The third kappa shape index (κ3) is 2.80. The number of piperidine rings is 1. The largest absolute Gasteiger partial charge is 0.394 e. The van der Waals surface area contributed by atoms with Gasteiger partial charge in [-0.3, -0.25) is 14.4 Å². The Balaban J connectivity index is 1.94. The number of carbonyl (C=O) groups is 3. The van der Waals surface area contributed by atoms with Crippen molar-refractivity contribution in [1.82, 2.24) is 9.80 Å². The molecule has 0 unspecified atom stereocenters. The number of aliphatic hydroxyl groups is 1. The van der Waals surface area contributed by atoms with E-state index in [0.29, 0.717) is 32.5 Å². The number of thiol groups is 1. The molecule has 0 saturated carbocycles. The zero-order valence-corrected chi connectivity index (χ0v) is 13.2. The molecule has 124 valence electrons. The van der Waals surface area contributed by atoms with Crippen molar-refractivity contribution in [2.75, 3.05) is 32.0 Å². The Bertz CT molecular complexity index is 479. The molecule has 2 heterocycles. The van der Waals surface area contributed by atoms with Gasteiger partial charge in [0.05, 0.1) is 18.1 Å². The molecule has 0 aliphatic carbocycles. The lowest BCUT2D eigenvalue weighted by atomic mass is 9.70. The zero-order chi connectivity index (χ0) is 16.5. The summed E-state index contributed by atoms with van der Waals surface area (Å²) < 4.78 is 0. The summed E-state index contributed by atoms with van der Waals surface area (Å²) in [5, 5.41) is 9.17. The lowest BCUT2D eigenvalue weighted by molar-refractivity contribution is -0.174. The van der Waals surface area contributed by atoms with Gasteiger partial charge in [-0.1, -0.05) is 0 Å².